The van der Waals surface area contributed by atoms with E-state index >= 15 is 0 Å². The number of carbonyl (C=O) groups is 2. The molecule has 4 heteroatoms. The van der Waals surface area contributed by atoms with Crippen molar-refractivity contribution >= 4 is 11.8 Å². The zero-order valence-corrected chi connectivity index (χ0v) is 16.6. The number of ether oxygens (including phenoxy) is 1. The standard InChI is InChI=1S/C23H30O4/c1-5-22(27-15(2)24)11-9-18-19-7-6-16-14-17(25)8-10-20(16,3)23(19,26)13-12-21(18,22)4/h1,14,18-19,26H,6-13H2,2-4H3/t18-,19-,20-,21-,22?,23-/m0/s1. The third kappa shape index (κ3) is 2.21. The summed E-state index contributed by atoms with van der Waals surface area (Å²) in [7, 11) is 0. The van der Waals surface area contributed by atoms with Crippen LogP contribution >= 0.6 is 0 Å². The van der Waals surface area contributed by atoms with Crippen molar-refractivity contribution in [3.05, 3.63) is 11.6 Å². The smallest absolute Gasteiger partial charge is 0.304 e. The Balaban J connectivity index is 1.74. The van der Waals surface area contributed by atoms with Crippen LogP contribution in [0.25, 0.3) is 0 Å². The first-order valence-electron chi connectivity index (χ1n) is 10.3. The molecule has 0 aromatic rings. The molecule has 4 aliphatic rings. The normalized spacial score (nSPS) is 48.6. The summed E-state index contributed by atoms with van der Waals surface area (Å²) in [5.74, 6) is 3.05. The van der Waals surface area contributed by atoms with Gasteiger partial charge in [0.25, 0.3) is 0 Å². The van der Waals surface area contributed by atoms with E-state index in [0.29, 0.717) is 19.3 Å². The molecule has 0 aliphatic heterocycles. The van der Waals surface area contributed by atoms with Crippen LogP contribution in [0.3, 0.4) is 0 Å². The van der Waals surface area contributed by atoms with Gasteiger partial charge in [-0.2, -0.15) is 0 Å². The summed E-state index contributed by atoms with van der Waals surface area (Å²) >= 11 is 0. The molecule has 1 unspecified atom stereocenters. The highest BCUT2D eigenvalue weighted by molar-refractivity contribution is 5.91. The summed E-state index contributed by atoms with van der Waals surface area (Å²) in [5.41, 5.74) is -1.21. The number of aliphatic hydroxyl groups is 1. The second-order valence-electron chi connectivity index (χ2n) is 9.67. The molecule has 0 bridgehead atoms. The number of rotatable bonds is 1. The fourth-order valence-electron chi connectivity index (χ4n) is 7.18. The minimum absolute atomic E-state index is 0.123. The van der Waals surface area contributed by atoms with E-state index in [1.165, 1.54) is 6.92 Å². The molecule has 1 N–H and O–H groups in total. The van der Waals surface area contributed by atoms with Crippen molar-refractivity contribution in [3.63, 3.8) is 0 Å². The Morgan fingerprint density at radius 2 is 1.93 bits per heavy atom. The van der Waals surface area contributed by atoms with Crippen molar-refractivity contribution in [1.82, 2.24) is 0 Å². The molecule has 0 aromatic heterocycles. The van der Waals surface area contributed by atoms with Gasteiger partial charge in [0.2, 0.25) is 0 Å². The van der Waals surface area contributed by atoms with Crippen molar-refractivity contribution < 1.29 is 19.4 Å². The zero-order chi connectivity index (χ0) is 19.7. The van der Waals surface area contributed by atoms with Crippen molar-refractivity contribution in [2.45, 2.75) is 83.3 Å². The van der Waals surface area contributed by atoms with Crippen LogP contribution in [0.5, 0.6) is 0 Å². The second-order valence-corrected chi connectivity index (χ2v) is 9.67. The molecule has 0 aromatic carbocycles. The zero-order valence-electron chi connectivity index (χ0n) is 16.6. The van der Waals surface area contributed by atoms with Gasteiger partial charge in [-0.3, -0.25) is 9.59 Å². The summed E-state index contributed by atoms with van der Waals surface area (Å²) in [6, 6.07) is 0. The summed E-state index contributed by atoms with van der Waals surface area (Å²) in [6.45, 7) is 5.73. The predicted octanol–water partition coefficient (Wildman–Crippen LogP) is 3.57. The Labute approximate surface area is 161 Å². The highest BCUT2D eigenvalue weighted by atomic mass is 16.6. The summed E-state index contributed by atoms with van der Waals surface area (Å²) in [5, 5.41) is 12.0. The molecule has 4 aliphatic carbocycles. The lowest BCUT2D eigenvalue weighted by atomic mass is 9.44. The van der Waals surface area contributed by atoms with Gasteiger partial charge in [-0.1, -0.05) is 25.3 Å². The van der Waals surface area contributed by atoms with Crippen LogP contribution < -0.4 is 0 Å². The van der Waals surface area contributed by atoms with Gasteiger partial charge < -0.3 is 9.84 Å². The van der Waals surface area contributed by atoms with Crippen molar-refractivity contribution in [1.29, 1.82) is 0 Å². The van der Waals surface area contributed by atoms with Crippen molar-refractivity contribution in [2.24, 2.45) is 22.7 Å². The number of carbonyl (C=O) groups excluding carboxylic acids is 2. The first-order chi connectivity index (χ1) is 12.6. The minimum atomic E-state index is -0.871. The van der Waals surface area contributed by atoms with Crippen LogP contribution in [0.4, 0.5) is 0 Å². The van der Waals surface area contributed by atoms with E-state index in [0.717, 1.165) is 37.7 Å². The van der Waals surface area contributed by atoms with Gasteiger partial charge in [-0.05, 0) is 62.9 Å². The van der Waals surface area contributed by atoms with Gasteiger partial charge in [0.05, 0.1) is 5.60 Å². The molecule has 4 rings (SSSR count). The van der Waals surface area contributed by atoms with Gasteiger partial charge in [-0.15, -0.1) is 6.42 Å². The third-order valence-electron chi connectivity index (χ3n) is 8.82. The summed E-state index contributed by atoms with van der Waals surface area (Å²) in [4.78, 5) is 23.7. The van der Waals surface area contributed by atoms with E-state index in [4.69, 9.17) is 11.2 Å². The monoisotopic (exact) mass is 370 g/mol. The largest absolute Gasteiger partial charge is 0.445 e. The average molecular weight is 370 g/mol. The molecular weight excluding hydrogens is 340 g/mol. The number of hydrogen-bond acceptors (Lipinski definition) is 4. The van der Waals surface area contributed by atoms with Gasteiger partial charge >= 0.3 is 5.97 Å². The molecule has 0 saturated heterocycles. The van der Waals surface area contributed by atoms with E-state index in [1.807, 2.05) is 0 Å². The Bertz CT molecular complexity index is 776. The van der Waals surface area contributed by atoms with Gasteiger partial charge in [0, 0.05) is 24.2 Å². The lowest BCUT2D eigenvalue weighted by Crippen LogP contribution is -2.64. The second kappa shape index (κ2) is 5.70. The van der Waals surface area contributed by atoms with Crippen LogP contribution in [-0.2, 0) is 14.3 Å². The predicted molar refractivity (Wildman–Crippen MR) is 101 cm³/mol. The first kappa shape index (κ1) is 18.7. The van der Waals surface area contributed by atoms with Gasteiger partial charge in [0.1, 0.15) is 0 Å². The highest BCUT2D eigenvalue weighted by Gasteiger charge is 2.70. The van der Waals surface area contributed by atoms with E-state index in [1.54, 1.807) is 6.08 Å². The lowest BCUT2D eigenvalue weighted by molar-refractivity contribution is -0.209. The third-order valence-corrected chi connectivity index (χ3v) is 8.82. The van der Waals surface area contributed by atoms with Crippen LogP contribution in [0.2, 0.25) is 0 Å². The summed E-state index contributed by atoms with van der Waals surface area (Å²) < 4.78 is 5.77. The van der Waals surface area contributed by atoms with Crippen LogP contribution in [-0.4, -0.2) is 28.1 Å². The summed E-state index contributed by atoms with van der Waals surface area (Å²) in [6.07, 6.45) is 13.6. The molecule has 146 valence electrons. The van der Waals surface area contributed by atoms with E-state index in [2.05, 4.69) is 19.8 Å². The van der Waals surface area contributed by atoms with Crippen molar-refractivity contribution in [2.75, 3.05) is 0 Å². The first-order valence-corrected chi connectivity index (χ1v) is 10.3. The molecule has 0 radical (unpaired) electrons. The SMILES string of the molecule is C#CC1(OC(C)=O)CC[C@H]2[C@@H]3CCC4=CC(=O)CC[C@]4(C)[C@]3(O)CC[C@@]21C. The number of terminal acetylenes is 1. The quantitative estimate of drug-likeness (QED) is 0.566. The fourth-order valence-corrected chi connectivity index (χ4v) is 7.18. The van der Waals surface area contributed by atoms with Gasteiger partial charge in [-0.25, -0.2) is 0 Å². The Hall–Kier alpha value is -1.60. The minimum Gasteiger partial charge on any atom is -0.445 e. The molecule has 0 spiro atoms. The molecule has 3 saturated carbocycles. The van der Waals surface area contributed by atoms with Crippen LogP contribution in [0, 0.1) is 35.0 Å². The van der Waals surface area contributed by atoms with Crippen LogP contribution in [0.15, 0.2) is 11.6 Å². The molecule has 0 heterocycles. The van der Waals surface area contributed by atoms with E-state index in [-0.39, 0.29) is 34.4 Å². The number of hydrogen-bond donors (Lipinski definition) is 1. The highest BCUT2D eigenvalue weighted by Crippen LogP contribution is 2.69. The average Bonchev–Trinajstić information content (AvgIpc) is 2.89. The number of esters is 1. The molecule has 27 heavy (non-hydrogen) atoms. The van der Waals surface area contributed by atoms with Gasteiger partial charge in [0.15, 0.2) is 11.4 Å². The molecular formula is C23H30O4. The Morgan fingerprint density at radius 1 is 1.19 bits per heavy atom. The maximum absolute atomic E-state index is 12.0. The Kier molecular flexibility index (Phi) is 3.96. The lowest BCUT2D eigenvalue weighted by Gasteiger charge is -2.63. The van der Waals surface area contributed by atoms with E-state index in [9.17, 15) is 14.7 Å². The fraction of sp³-hybridized carbons (Fsp3) is 0.739. The topological polar surface area (TPSA) is 63.6 Å². The van der Waals surface area contributed by atoms with Crippen molar-refractivity contribution in [3.8, 4) is 12.3 Å². The molecule has 4 nitrogen and oxygen atoms in total. The Morgan fingerprint density at radius 3 is 2.59 bits per heavy atom. The number of fused-ring (bicyclic) bond motifs is 5. The molecule has 6 atom stereocenters. The van der Waals surface area contributed by atoms with E-state index < -0.39 is 11.2 Å². The number of ketones is 1. The molecule has 0 amide bonds. The maximum atomic E-state index is 12.0. The van der Waals surface area contributed by atoms with Crippen LogP contribution in [0.1, 0.15) is 72.1 Å². The molecule has 3 fully saturated rings. The maximum Gasteiger partial charge on any atom is 0.304 e.